The third-order valence-corrected chi connectivity index (χ3v) is 4.71. The molecule has 0 unspecified atom stereocenters. The summed E-state index contributed by atoms with van der Waals surface area (Å²) in [6.07, 6.45) is 3.36. The van der Waals surface area contributed by atoms with Crippen molar-refractivity contribution in [1.29, 1.82) is 0 Å². The summed E-state index contributed by atoms with van der Waals surface area (Å²) in [7, 11) is 0. The molecule has 0 spiro atoms. The number of halogens is 2. The topological polar surface area (TPSA) is 73.9 Å². The molecule has 0 saturated carbocycles. The van der Waals surface area contributed by atoms with Gasteiger partial charge in [-0.25, -0.2) is 14.4 Å². The molecular formula is C18H17ClFN5O. The molecule has 8 heteroatoms. The Morgan fingerprint density at radius 3 is 3.08 bits per heavy atom. The molecule has 1 fully saturated rings. The number of pyridine rings is 1. The fourth-order valence-corrected chi connectivity index (χ4v) is 3.41. The van der Waals surface area contributed by atoms with E-state index in [0.29, 0.717) is 16.4 Å². The average Bonchev–Trinajstić information content (AvgIpc) is 3.22. The summed E-state index contributed by atoms with van der Waals surface area (Å²) in [5, 5.41) is 3.29. The quantitative estimate of drug-likeness (QED) is 0.733. The summed E-state index contributed by atoms with van der Waals surface area (Å²) < 4.78 is 13.4. The van der Waals surface area contributed by atoms with E-state index in [-0.39, 0.29) is 24.3 Å². The van der Waals surface area contributed by atoms with E-state index in [9.17, 15) is 9.18 Å². The molecule has 1 amide bonds. The lowest BCUT2D eigenvalue weighted by atomic mass is 10.2. The highest BCUT2D eigenvalue weighted by Gasteiger charge is 2.30. The molecule has 26 heavy (non-hydrogen) atoms. The summed E-state index contributed by atoms with van der Waals surface area (Å²) in [5.74, 6) is 0.787. The third kappa shape index (κ3) is 3.54. The average molecular weight is 374 g/mol. The Balaban J connectivity index is 1.47. The molecule has 4 rings (SSSR count). The smallest absolute Gasteiger partial charge is 0.239 e. The Kier molecular flexibility index (Phi) is 4.57. The molecule has 2 N–H and O–H groups in total. The van der Waals surface area contributed by atoms with Crippen LogP contribution in [0.25, 0.3) is 11.0 Å². The first-order valence-corrected chi connectivity index (χ1v) is 8.77. The molecule has 1 atom stereocenters. The van der Waals surface area contributed by atoms with Crippen LogP contribution in [-0.4, -0.2) is 38.8 Å². The molecule has 2 aromatic heterocycles. The van der Waals surface area contributed by atoms with E-state index in [0.717, 1.165) is 30.7 Å². The zero-order valence-electron chi connectivity index (χ0n) is 13.9. The fourth-order valence-electron chi connectivity index (χ4n) is 3.30. The maximum atomic E-state index is 13.4. The maximum absolute atomic E-state index is 13.4. The number of imidazole rings is 1. The van der Waals surface area contributed by atoms with Crippen LogP contribution in [-0.2, 0) is 4.79 Å². The van der Waals surface area contributed by atoms with Crippen molar-refractivity contribution in [3.63, 3.8) is 0 Å². The number of nitrogens with zero attached hydrogens (tertiary/aromatic N) is 3. The van der Waals surface area contributed by atoms with Crippen molar-refractivity contribution in [1.82, 2.24) is 19.9 Å². The summed E-state index contributed by atoms with van der Waals surface area (Å²) in [6, 6.07) is 7.83. The molecule has 0 bridgehead atoms. The highest BCUT2D eigenvalue weighted by atomic mass is 35.5. The second-order valence-corrected chi connectivity index (χ2v) is 6.76. The number of carbonyl (C=O) groups is 1. The number of likely N-dealkylation sites (tertiary alicyclic amines) is 1. The van der Waals surface area contributed by atoms with Crippen LogP contribution < -0.4 is 5.32 Å². The normalized spacial score (nSPS) is 17.7. The van der Waals surface area contributed by atoms with E-state index in [4.69, 9.17) is 11.6 Å². The Labute approximate surface area is 154 Å². The van der Waals surface area contributed by atoms with Gasteiger partial charge in [0, 0.05) is 6.20 Å². The molecule has 0 aliphatic carbocycles. The standard InChI is InChI=1S/C18H17ClFN5O/c19-11-3-6-16(21-9-11)24-17(26)10-25-7-1-2-15(25)18-22-13-5-4-12(20)8-14(13)23-18/h3-6,8-9,15H,1-2,7,10H2,(H,22,23)(H,21,24,26)/t15-/m1/s1. The third-order valence-electron chi connectivity index (χ3n) is 4.48. The molecule has 134 valence electrons. The first-order chi connectivity index (χ1) is 12.6. The van der Waals surface area contributed by atoms with Gasteiger partial charge in [-0.05, 0) is 49.7 Å². The van der Waals surface area contributed by atoms with Gasteiger partial charge in [0.1, 0.15) is 17.5 Å². The van der Waals surface area contributed by atoms with Gasteiger partial charge in [0.25, 0.3) is 0 Å². The van der Waals surface area contributed by atoms with Crippen molar-refractivity contribution in [3.05, 3.63) is 53.2 Å². The van der Waals surface area contributed by atoms with Crippen LogP contribution in [0, 0.1) is 5.82 Å². The number of benzene rings is 1. The lowest BCUT2D eigenvalue weighted by molar-refractivity contribution is -0.117. The first-order valence-electron chi connectivity index (χ1n) is 8.39. The van der Waals surface area contributed by atoms with Gasteiger partial charge in [-0.3, -0.25) is 9.69 Å². The molecule has 1 saturated heterocycles. The number of amides is 1. The summed E-state index contributed by atoms with van der Waals surface area (Å²) in [5.41, 5.74) is 1.39. The number of carbonyl (C=O) groups excluding carboxylic acids is 1. The molecule has 1 aliphatic rings. The maximum Gasteiger partial charge on any atom is 0.239 e. The highest BCUT2D eigenvalue weighted by Crippen LogP contribution is 2.31. The number of fused-ring (bicyclic) bond motifs is 1. The van der Waals surface area contributed by atoms with Crippen molar-refractivity contribution in [2.75, 3.05) is 18.4 Å². The Hall–Kier alpha value is -2.51. The van der Waals surface area contributed by atoms with Gasteiger partial charge >= 0.3 is 0 Å². The van der Waals surface area contributed by atoms with Gasteiger partial charge in [-0.1, -0.05) is 11.6 Å². The minimum Gasteiger partial charge on any atom is -0.341 e. The van der Waals surface area contributed by atoms with Crippen molar-refractivity contribution in [2.45, 2.75) is 18.9 Å². The number of aromatic amines is 1. The largest absolute Gasteiger partial charge is 0.341 e. The summed E-state index contributed by atoms with van der Waals surface area (Å²) >= 11 is 5.80. The van der Waals surface area contributed by atoms with E-state index < -0.39 is 0 Å². The number of rotatable bonds is 4. The second-order valence-electron chi connectivity index (χ2n) is 6.32. The number of hydrogen-bond donors (Lipinski definition) is 2. The van der Waals surface area contributed by atoms with Crippen LogP contribution in [0.15, 0.2) is 36.5 Å². The second kappa shape index (κ2) is 7.01. The Morgan fingerprint density at radius 2 is 2.27 bits per heavy atom. The van der Waals surface area contributed by atoms with Crippen LogP contribution in [0.4, 0.5) is 10.2 Å². The van der Waals surface area contributed by atoms with Crippen LogP contribution in [0.1, 0.15) is 24.7 Å². The number of aromatic nitrogens is 3. The molecular weight excluding hydrogens is 357 g/mol. The number of anilines is 1. The first kappa shape index (κ1) is 16.9. The van der Waals surface area contributed by atoms with Gasteiger partial charge in [0.05, 0.1) is 28.6 Å². The minimum absolute atomic E-state index is 0.00869. The van der Waals surface area contributed by atoms with Gasteiger partial charge in [0.2, 0.25) is 5.91 Å². The van der Waals surface area contributed by atoms with Crippen molar-refractivity contribution in [2.24, 2.45) is 0 Å². The predicted octanol–water partition coefficient (Wildman–Crippen LogP) is 3.53. The van der Waals surface area contributed by atoms with Crippen molar-refractivity contribution >= 4 is 34.4 Å². The Bertz CT molecular complexity index is 942. The highest BCUT2D eigenvalue weighted by molar-refractivity contribution is 6.30. The number of hydrogen-bond acceptors (Lipinski definition) is 4. The van der Waals surface area contributed by atoms with E-state index >= 15 is 0 Å². The van der Waals surface area contributed by atoms with Gasteiger partial charge in [-0.2, -0.15) is 0 Å². The summed E-state index contributed by atoms with van der Waals surface area (Å²) in [6.45, 7) is 1.04. The molecule has 3 heterocycles. The fraction of sp³-hybridized carbons (Fsp3) is 0.278. The van der Waals surface area contributed by atoms with Crippen molar-refractivity contribution < 1.29 is 9.18 Å². The SMILES string of the molecule is O=C(CN1CCC[C@@H]1c1nc2ccc(F)cc2[nH]1)Nc1ccc(Cl)cn1. The van der Waals surface area contributed by atoms with Crippen molar-refractivity contribution in [3.8, 4) is 0 Å². The van der Waals surface area contributed by atoms with E-state index in [2.05, 4.69) is 25.2 Å². The predicted molar refractivity (Wildman–Crippen MR) is 97.5 cm³/mol. The molecule has 0 radical (unpaired) electrons. The summed E-state index contributed by atoms with van der Waals surface area (Å²) in [4.78, 5) is 26.2. The van der Waals surface area contributed by atoms with Crippen LogP contribution >= 0.6 is 11.6 Å². The lowest BCUT2D eigenvalue weighted by Crippen LogP contribution is -2.33. The van der Waals surface area contributed by atoms with Gasteiger partial charge in [-0.15, -0.1) is 0 Å². The van der Waals surface area contributed by atoms with E-state index in [1.54, 1.807) is 18.2 Å². The van der Waals surface area contributed by atoms with Gasteiger partial charge < -0.3 is 10.3 Å². The zero-order valence-corrected chi connectivity index (χ0v) is 14.6. The zero-order chi connectivity index (χ0) is 18.1. The van der Waals surface area contributed by atoms with E-state index in [1.807, 2.05) is 0 Å². The minimum atomic E-state index is -0.300. The molecule has 6 nitrogen and oxygen atoms in total. The van der Waals surface area contributed by atoms with Crippen LogP contribution in [0.5, 0.6) is 0 Å². The monoisotopic (exact) mass is 373 g/mol. The van der Waals surface area contributed by atoms with Crippen LogP contribution in [0.3, 0.4) is 0 Å². The Morgan fingerprint density at radius 1 is 1.38 bits per heavy atom. The van der Waals surface area contributed by atoms with Gasteiger partial charge in [0.15, 0.2) is 0 Å². The number of nitrogens with one attached hydrogen (secondary N) is 2. The van der Waals surface area contributed by atoms with E-state index in [1.165, 1.54) is 18.3 Å². The molecule has 1 aromatic carbocycles. The van der Waals surface area contributed by atoms with Crippen LogP contribution in [0.2, 0.25) is 5.02 Å². The lowest BCUT2D eigenvalue weighted by Gasteiger charge is -2.22. The molecule has 1 aliphatic heterocycles. The molecule has 3 aromatic rings. The number of H-pyrrole nitrogens is 1.